The molecule has 2 atom stereocenters. The molecule has 0 radical (unpaired) electrons. The largest absolute Gasteiger partial charge is 0.493 e. The first-order chi connectivity index (χ1) is 11.6. The predicted molar refractivity (Wildman–Crippen MR) is 96.7 cm³/mol. The van der Waals surface area contributed by atoms with Crippen LogP contribution in [0.1, 0.15) is 30.7 Å². The second-order valence-electron chi connectivity index (χ2n) is 6.33. The topological polar surface area (TPSA) is 42.0 Å². The van der Waals surface area contributed by atoms with Gasteiger partial charge in [-0.15, -0.1) is 11.8 Å². The zero-order valence-corrected chi connectivity index (χ0v) is 15.5. The van der Waals surface area contributed by atoms with Gasteiger partial charge in [-0.05, 0) is 50.6 Å². The Morgan fingerprint density at radius 2 is 1.83 bits per heavy atom. The molecule has 2 aliphatic heterocycles. The number of thioether (sulfide) groups is 1. The zero-order valence-electron chi connectivity index (χ0n) is 14.7. The van der Waals surface area contributed by atoms with Crippen molar-refractivity contribution in [1.82, 2.24) is 9.80 Å². The molecule has 5 nitrogen and oxygen atoms in total. The Bertz CT molecular complexity index is 590. The first kappa shape index (κ1) is 17.4. The summed E-state index contributed by atoms with van der Waals surface area (Å²) in [6, 6.07) is 5.94. The van der Waals surface area contributed by atoms with Crippen LogP contribution in [0.3, 0.4) is 0 Å². The van der Waals surface area contributed by atoms with Crippen LogP contribution in [0.4, 0.5) is 0 Å². The van der Waals surface area contributed by atoms with E-state index in [-0.39, 0.29) is 16.5 Å². The van der Waals surface area contributed by atoms with Crippen molar-refractivity contribution >= 4 is 17.7 Å². The molecule has 0 N–H and O–H groups in total. The number of nitrogens with zero attached hydrogens (tertiary/aromatic N) is 2. The first-order valence-corrected chi connectivity index (χ1v) is 9.48. The van der Waals surface area contributed by atoms with Crippen LogP contribution in [-0.4, -0.2) is 61.4 Å². The van der Waals surface area contributed by atoms with Crippen molar-refractivity contribution in [2.45, 2.75) is 30.4 Å². The Labute approximate surface area is 148 Å². The summed E-state index contributed by atoms with van der Waals surface area (Å²) in [6.45, 7) is 6.06. The number of benzene rings is 1. The summed E-state index contributed by atoms with van der Waals surface area (Å²) >= 11 is 1.71. The van der Waals surface area contributed by atoms with E-state index in [0.717, 1.165) is 31.7 Å². The normalized spacial score (nSPS) is 24.6. The molecule has 24 heavy (non-hydrogen) atoms. The Balaban J connectivity index is 1.77. The van der Waals surface area contributed by atoms with E-state index in [2.05, 4.69) is 4.90 Å². The smallest absolute Gasteiger partial charge is 0.236 e. The van der Waals surface area contributed by atoms with Gasteiger partial charge in [0, 0.05) is 13.1 Å². The highest BCUT2D eigenvalue weighted by molar-refractivity contribution is 8.01. The van der Waals surface area contributed by atoms with Gasteiger partial charge in [0.15, 0.2) is 11.5 Å². The number of carbonyl (C=O) groups excluding carboxylic acids is 1. The molecule has 2 fully saturated rings. The maximum atomic E-state index is 12.6. The van der Waals surface area contributed by atoms with E-state index >= 15 is 0 Å². The number of methoxy groups -OCH3 is 2. The first-order valence-electron chi connectivity index (χ1n) is 8.54. The molecule has 2 aliphatic rings. The zero-order chi connectivity index (χ0) is 17.1. The molecule has 2 heterocycles. The Hall–Kier alpha value is -1.40. The van der Waals surface area contributed by atoms with Crippen molar-refractivity contribution in [2.75, 3.05) is 40.4 Å². The number of carbonyl (C=O) groups is 1. The van der Waals surface area contributed by atoms with Gasteiger partial charge in [-0.1, -0.05) is 6.07 Å². The van der Waals surface area contributed by atoms with E-state index in [4.69, 9.17) is 9.47 Å². The van der Waals surface area contributed by atoms with E-state index in [1.54, 1.807) is 26.0 Å². The number of amides is 1. The lowest BCUT2D eigenvalue weighted by molar-refractivity contribution is -0.130. The van der Waals surface area contributed by atoms with Crippen LogP contribution < -0.4 is 9.47 Å². The number of likely N-dealkylation sites (tertiary alicyclic amines) is 1. The van der Waals surface area contributed by atoms with E-state index in [9.17, 15) is 4.79 Å². The molecule has 3 rings (SSSR count). The molecule has 1 aromatic rings. The minimum atomic E-state index is 0.00155. The van der Waals surface area contributed by atoms with Gasteiger partial charge in [-0.3, -0.25) is 4.79 Å². The van der Waals surface area contributed by atoms with Crippen LogP contribution in [-0.2, 0) is 4.79 Å². The second kappa shape index (κ2) is 7.66. The molecule has 0 bridgehead atoms. The predicted octanol–water partition coefficient (Wildman–Crippen LogP) is 2.76. The molecule has 6 heteroatoms. The number of ether oxygens (including phenoxy) is 2. The van der Waals surface area contributed by atoms with Crippen LogP contribution in [0.25, 0.3) is 0 Å². The molecule has 1 aromatic carbocycles. The molecule has 0 unspecified atom stereocenters. The van der Waals surface area contributed by atoms with Crippen molar-refractivity contribution in [3.05, 3.63) is 23.8 Å². The Kier molecular flexibility index (Phi) is 5.56. The van der Waals surface area contributed by atoms with Gasteiger partial charge >= 0.3 is 0 Å². The van der Waals surface area contributed by atoms with E-state index < -0.39 is 0 Å². The van der Waals surface area contributed by atoms with Crippen LogP contribution in [0.15, 0.2) is 18.2 Å². The van der Waals surface area contributed by atoms with Crippen LogP contribution in [0.5, 0.6) is 11.5 Å². The third-order valence-corrected chi connectivity index (χ3v) is 6.19. The second-order valence-corrected chi connectivity index (χ2v) is 7.75. The fourth-order valence-electron chi connectivity index (χ4n) is 3.42. The lowest BCUT2D eigenvalue weighted by Crippen LogP contribution is -2.37. The third kappa shape index (κ3) is 3.49. The molecule has 132 valence electrons. The van der Waals surface area contributed by atoms with Gasteiger partial charge in [0.1, 0.15) is 5.37 Å². The van der Waals surface area contributed by atoms with Crippen molar-refractivity contribution in [3.8, 4) is 11.5 Å². The highest BCUT2D eigenvalue weighted by Crippen LogP contribution is 2.44. The lowest BCUT2D eigenvalue weighted by atomic mass is 10.1. The average molecular weight is 350 g/mol. The maximum absolute atomic E-state index is 12.6. The number of rotatable bonds is 6. The third-order valence-electron chi connectivity index (χ3n) is 4.80. The fraction of sp³-hybridized carbons (Fsp3) is 0.611. The summed E-state index contributed by atoms with van der Waals surface area (Å²) in [5.41, 5.74) is 1.09. The maximum Gasteiger partial charge on any atom is 0.236 e. The average Bonchev–Trinajstić information content (AvgIpc) is 3.21. The van der Waals surface area contributed by atoms with Crippen molar-refractivity contribution in [1.29, 1.82) is 0 Å². The minimum Gasteiger partial charge on any atom is -0.493 e. The molecule has 0 spiro atoms. The van der Waals surface area contributed by atoms with Crippen molar-refractivity contribution in [3.63, 3.8) is 0 Å². The molecule has 0 aliphatic carbocycles. The van der Waals surface area contributed by atoms with Gasteiger partial charge in [0.05, 0.1) is 19.5 Å². The van der Waals surface area contributed by atoms with E-state index in [1.807, 2.05) is 30.0 Å². The number of hydrogen-bond acceptors (Lipinski definition) is 5. The molecule has 0 aromatic heterocycles. The molecule has 0 saturated carbocycles. The van der Waals surface area contributed by atoms with Crippen molar-refractivity contribution in [2.24, 2.45) is 0 Å². The monoisotopic (exact) mass is 350 g/mol. The molecular weight excluding hydrogens is 324 g/mol. The van der Waals surface area contributed by atoms with Crippen LogP contribution in [0, 0.1) is 0 Å². The van der Waals surface area contributed by atoms with Crippen LogP contribution in [0.2, 0.25) is 0 Å². The fourth-order valence-corrected chi connectivity index (χ4v) is 4.72. The van der Waals surface area contributed by atoms with Gasteiger partial charge in [-0.25, -0.2) is 0 Å². The summed E-state index contributed by atoms with van der Waals surface area (Å²) in [6.07, 6.45) is 2.55. The summed E-state index contributed by atoms with van der Waals surface area (Å²) in [4.78, 5) is 17.1. The molecule has 1 amide bonds. The lowest BCUT2D eigenvalue weighted by Gasteiger charge is -2.27. The quantitative estimate of drug-likeness (QED) is 0.789. The Morgan fingerprint density at radius 1 is 1.12 bits per heavy atom. The van der Waals surface area contributed by atoms with E-state index in [0.29, 0.717) is 11.5 Å². The highest BCUT2D eigenvalue weighted by Gasteiger charge is 2.38. The number of hydrogen-bond donors (Lipinski definition) is 0. The van der Waals surface area contributed by atoms with Gasteiger partial charge in [-0.2, -0.15) is 0 Å². The van der Waals surface area contributed by atoms with Crippen molar-refractivity contribution < 1.29 is 14.3 Å². The summed E-state index contributed by atoms with van der Waals surface area (Å²) in [7, 11) is 3.28. The summed E-state index contributed by atoms with van der Waals surface area (Å²) in [5, 5.41) is 0.0524. The molecule has 2 saturated heterocycles. The standard InChI is InChI=1S/C18H26N2O3S/c1-13-17(21)20(11-10-19-8-4-5-9-19)18(24-13)14-6-7-15(22-2)16(12-14)23-3/h6-7,12-13,18H,4-5,8-11H2,1-3H3/t13-,18-/m0/s1. The SMILES string of the molecule is COc1ccc([C@@H]2S[C@@H](C)C(=O)N2CCN2CCCC2)cc1OC. The van der Waals surface area contributed by atoms with Crippen LogP contribution >= 0.6 is 11.8 Å². The van der Waals surface area contributed by atoms with Gasteiger partial charge in [0.25, 0.3) is 0 Å². The summed E-state index contributed by atoms with van der Waals surface area (Å²) in [5.74, 6) is 1.66. The molecular formula is C18H26N2O3S. The van der Waals surface area contributed by atoms with Gasteiger partial charge < -0.3 is 19.3 Å². The summed E-state index contributed by atoms with van der Waals surface area (Å²) < 4.78 is 10.7. The minimum absolute atomic E-state index is 0.00155. The highest BCUT2D eigenvalue weighted by atomic mass is 32.2. The van der Waals surface area contributed by atoms with Gasteiger partial charge in [0.2, 0.25) is 5.91 Å². The Morgan fingerprint density at radius 3 is 2.50 bits per heavy atom. The van der Waals surface area contributed by atoms with E-state index in [1.165, 1.54) is 12.8 Å².